The van der Waals surface area contributed by atoms with Gasteiger partial charge in [0.05, 0.1) is 0 Å². The van der Waals surface area contributed by atoms with Gasteiger partial charge in [0.2, 0.25) is 0 Å². The molecule has 1 unspecified atom stereocenters. The van der Waals surface area contributed by atoms with Crippen LogP contribution in [0.4, 0.5) is 0 Å². The van der Waals surface area contributed by atoms with Crippen LogP contribution in [0.15, 0.2) is 134 Å². The first-order chi connectivity index (χ1) is 41.0. The van der Waals surface area contributed by atoms with Crippen molar-refractivity contribution in [2.45, 2.75) is 322 Å². The van der Waals surface area contributed by atoms with E-state index in [-0.39, 0.29) is 31.1 Å². The number of unbranched alkanes of at least 4 members (excludes halogenated alkanes) is 29. The van der Waals surface area contributed by atoms with Gasteiger partial charge in [0.15, 0.2) is 6.10 Å². The van der Waals surface area contributed by atoms with E-state index < -0.39 is 6.10 Å². The summed E-state index contributed by atoms with van der Waals surface area (Å²) in [7, 11) is 0. The van der Waals surface area contributed by atoms with Crippen molar-refractivity contribution in [1.29, 1.82) is 0 Å². The highest BCUT2D eigenvalue weighted by molar-refractivity contribution is 5.71. The van der Waals surface area contributed by atoms with Gasteiger partial charge in [0.25, 0.3) is 0 Å². The number of ether oxygens (including phenoxy) is 3. The van der Waals surface area contributed by atoms with Crippen molar-refractivity contribution < 1.29 is 28.6 Å². The van der Waals surface area contributed by atoms with Crippen LogP contribution in [-0.2, 0) is 28.6 Å². The molecule has 0 aliphatic carbocycles. The van der Waals surface area contributed by atoms with E-state index >= 15 is 0 Å². The molecule has 0 spiro atoms. The third-order valence-corrected chi connectivity index (χ3v) is 14.6. The van der Waals surface area contributed by atoms with Crippen molar-refractivity contribution in [1.82, 2.24) is 0 Å². The zero-order chi connectivity index (χ0) is 59.9. The number of allylic oxidation sites excluding steroid dienone is 22. The molecule has 6 heteroatoms. The van der Waals surface area contributed by atoms with Crippen molar-refractivity contribution in [2.75, 3.05) is 13.2 Å². The number of carbonyl (C=O) groups is 3. The molecule has 0 aromatic rings. The fraction of sp³-hybridized carbons (Fsp3) is 0.675. The highest BCUT2D eigenvalue weighted by Crippen LogP contribution is 2.17. The molecule has 0 heterocycles. The van der Waals surface area contributed by atoms with Crippen molar-refractivity contribution in [3.63, 3.8) is 0 Å². The lowest BCUT2D eigenvalue weighted by atomic mass is 10.0. The molecule has 0 saturated carbocycles. The molecule has 0 aliphatic rings. The summed E-state index contributed by atoms with van der Waals surface area (Å²) in [5.41, 5.74) is 0. The van der Waals surface area contributed by atoms with Gasteiger partial charge in [0, 0.05) is 19.3 Å². The van der Waals surface area contributed by atoms with Crippen molar-refractivity contribution in [3.8, 4) is 0 Å². The summed E-state index contributed by atoms with van der Waals surface area (Å²) in [6.07, 6.45) is 99.0. The third-order valence-electron chi connectivity index (χ3n) is 14.6. The Morgan fingerprint density at radius 1 is 0.253 bits per heavy atom. The zero-order valence-corrected chi connectivity index (χ0v) is 54.2. The first-order valence-electron chi connectivity index (χ1n) is 34.7. The van der Waals surface area contributed by atoms with Gasteiger partial charge in [-0.15, -0.1) is 0 Å². The van der Waals surface area contributed by atoms with Crippen molar-refractivity contribution in [3.05, 3.63) is 134 Å². The lowest BCUT2D eigenvalue weighted by Gasteiger charge is -2.18. The molecule has 83 heavy (non-hydrogen) atoms. The van der Waals surface area contributed by atoms with E-state index in [9.17, 15) is 14.4 Å². The van der Waals surface area contributed by atoms with Gasteiger partial charge in [-0.2, -0.15) is 0 Å². The van der Waals surface area contributed by atoms with Gasteiger partial charge in [-0.3, -0.25) is 14.4 Å². The molecule has 0 bridgehead atoms. The molecule has 0 fully saturated rings. The zero-order valence-electron chi connectivity index (χ0n) is 54.2. The van der Waals surface area contributed by atoms with E-state index in [2.05, 4.69) is 154 Å². The largest absolute Gasteiger partial charge is 0.462 e. The SMILES string of the molecule is CC/C=C\C/C=C\C/C=C\C/C=C\C/C=C\C/C=C\C/C=C\C/C=C\C/C=C\CCCCCC(=O)OCC(COC(=O)CCCCCCC/C=C\C/C=C\CCC)OC(=O)CCCCCCCCCCCCCCCCCCCCCCC. The Morgan fingerprint density at radius 2 is 0.494 bits per heavy atom. The predicted octanol–water partition coefficient (Wildman–Crippen LogP) is 24.1. The Balaban J connectivity index is 4.38. The van der Waals surface area contributed by atoms with Crippen molar-refractivity contribution in [2.24, 2.45) is 0 Å². The molecule has 0 aromatic carbocycles. The average molecular weight is 1150 g/mol. The van der Waals surface area contributed by atoms with Gasteiger partial charge >= 0.3 is 17.9 Å². The molecule has 0 N–H and O–H groups in total. The van der Waals surface area contributed by atoms with Gasteiger partial charge in [-0.1, -0.05) is 315 Å². The highest BCUT2D eigenvalue weighted by Gasteiger charge is 2.19. The van der Waals surface area contributed by atoms with E-state index in [1.807, 2.05) is 0 Å². The fourth-order valence-electron chi connectivity index (χ4n) is 9.47. The fourth-order valence-corrected chi connectivity index (χ4v) is 9.47. The summed E-state index contributed by atoms with van der Waals surface area (Å²) in [6, 6.07) is 0. The summed E-state index contributed by atoms with van der Waals surface area (Å²) in [6.45, 7) is 6.45. The topological polar surface area (TPSA) is 78.9 Å². The second kappa shape index (κ2) is 70.0. The molecule has 6 nitrogen and oxygen atoms in total. The molecule has 0 rings (SSSR count). The molecule has 0 saturated heterocycles. The maximum Gasteiger partial charge on any atom is 0.306 e. The molecule has 1 atom stereocenters. The maximum atomic E-state index is 12.9. The summed E-state index contributed by atoms with van der Waals surface area (Å²) < 4.78 is 16.9. The van der Waals surface area contributed by atoms with Crippen LogP contribution in [0.25, 0.3) is 0 Å². The van der Waals surface area contributed by atoms with E-state index in [1.54, 1.807) is 0 Å². The van der Waals surface area contributed by atoms with Gasteiger partial charge in [-0.05, 0) is 116 Å². The summed E-state index contributed by atoms with van der Waals surface area (Å²) in [5.74, 6) is -0.935. The average Bonchev–Trinajstić information content (AvgIpc) is 3.49. The minimum Gasteiger partial charge on any atom is -0.462 e. The molecular weight excluding hydrogens is 1020 g/mol. The minimum absolute atomic E-state index is 0.0968. The van der Waals surface area contributed by atoms with E-state index in [4.69, 9.17) is 14.2 Å². The van der Waals surface area contributed by atoms with E-state index in [0.717, 1.165) is 154 Å². The molecule has 0 aliphatic heterocycles. The normalized spacial score (nSPS) is 13.0. The van der Waals surface area contributed by atoms with Crippen LogP contribution in [0.3, 0.4) is 0 Å². The van der Waals surface area contributed by atoms with Crippen LogP contribution in [0.1, 0.15) is 316 Å². The molecule has 0 radical (unpaired) electrons. The van der Waals surface area contributed by atoms with Gasteiger partial charge in [-0.25, -0.2) is 0 Å². The number of rotatable bonds is 62. The number of hydrogen-bond donors (Lipinski definition) is 0. The molecule has 0 aromatic heterocycles. The van der Waals surface area contributed by atoms with Crippen LogP contribution >= 0.6 is 0 Å². The summed E-state index contributed by atoms with van der Waals surface area (Å²) >= 11 is 0. The van der Waals surface area contributed by atoms with E-state index in [1.165, 1.54) is 122 Å². The second-order valence-electron chi connectivity index (χ2n) is 22.7. The highest BCUT2D eigenvalue weighted by atomic mass is 16.6. The van der Waals surface area contributed by atoms with Crippen LogP contribution in [0.2, 0.25) is 0 Å². The standard InChI is InChI=1S/C77H128O6/c1-4-7-10-13-16-19-22-25-27-29-31-33-34-35-36-37-38-39-40-41-42-44-45-47-49-52-55-58-61-64-67-70-76(79)82-73-74(72-81-75(78)69-66-63-60-57-54-51-24-21-18-15-12-9-6-3)83-77(80)71-68-65-62-59-56-53-50-48-46-43-32-30-28-26-23-20-17-14-11-8-5-2/h7,10,12,15-16,19,21,24-25,27,31,33,35-36,38-39,41-42,45,47,52,55,74H,4-6,8-9,11,13-14,17-18,20,22-23,26,28-30,32,34,37,40,43-44,46,48-51,53-54,56-73H2,1-3H3/b10-7-,15-12-,19-16-,24-21-,27-25-,33-31-,36-35-,39-38-,42-41-,47-45-,55-52-. The van der Waals surface area contributed by atoms with Crippen LogP contribution in [0.5, 0.6) is 0 Å². The Morgan fingerprint density at radius 3 is 0.795 bits per heavy atom. The molecular formula is C77H128O6. The number of hydrogen-bond acceptors (Lipinski definition) is 6. The predicted molar refractivity (Wildman–Crippen MR) is 362 cm³/mol. The number of carbonyl (C=O) groups excluding carboxylic acids is 3. The van der Waals surface area contributed by atoms with Crippen LogP contribution in [-0.4, -0.2) is 37.2 Å². The third kappa shape index (κ3) is 68.2. The summed E-state index contributed by atoms with van der Waals surface area (Å²) in [4.78, 5) is 38.4. The van der Waals surface area contributed by atoms with Crippen LogP contribution in [0, 0.1) is 0 Å². The monoisotopic (exact) mass is 1150 g/mol. The van der Waals surface area contributed by atoms with E-state index in [0.29, 0.717) is 19.3 Å². The summed E-state index contributed by atoms with van der Waals surface area (Å²) in [5, 5.41) is 0. The Labute approximate surface area is 513 Å². The second-order valence-corrected chi connectivity index (χ2v) is 22.7. The van der Waals surface area contributed by atoms with Gasteiger partial charge in [0.1, 0.15) is 13.2 Å². The molecule has 472 valence electrons. The Kier molecular flexibility index (Phi) is 66.3. The quantitative estimate of drug-likeness (QED) is 0.0261. The first-order valence-corrected chi connectivity index (χ1v) is 34.7. The molecule has 0 amide bonds. The minimum atomic E-state index is -0.802. The number of esters is 3. The lowest BCUT2D eigenvalue weighted by molar-refractivity contribution is -0.167. The van der Waals surface area contributed by atoms with Gasteiger partial charge < -0.3 is 14.2 Å². The lowest BCUT2D eigenvalue weighted by Crippen LogP contribution is -2.30. The maximum absolute atomic E-state index is 12.9. The Hall–Kier alpha value is -4.45. The smallest absolute Gasteiger partial charge is 0.306 e. The van der Waals surface area contributed by atoms with Crippen molar-refractivity contribution >= 4 is 17.9 Å². The first kappa shape index (κ1) is 78.5. The van der Waals surface area contributed by atoms with Crippen LogP contribution < -0.4 is 0 Å². The Bertz CT molecular complexity index is 1750.